The molecule has 1 N–H and O–H groups in total. The third-order valence-corrected chi connectivity index (χ3v) is 4.17. The highest BCUT2D eigenvalue weighted by atomic mass is 35.5. The normalized spacial score (nSPS) is 15.0. The van der Waals surface area contributed by atoms with Gasteiger partial charge in [-0.25, -0.2) is 4.90 Å². The average molecular weight is 401 g/mol. The number of imide groups is 1. The van der Waals surface area contributed by atoms with E-state index in [2.05, 4.69) is 5.32 Å². The molecule has 0 atom stereocenters. The smallest absolute Gasteiger partial charge is 0.350 e. The van der Waals surface area contributed by atoms with E-state index in [0.717, 1.165) is 17.0 Å². The monoisotopic (exact) mass is 400 g/mol. The molecule has 0 radical (unpaired) electrons. The summed E-state index contributed by atoms with van der Waals surface area (Å²) < 4.78 is 38.4. The van der Waals surface area contributed by atoms with Gasteiger partial charge in [0.1, 0.15) is 10.7 Å². The number of alkyl halides is 3. The molecule has 0 aromatic heterocycles. The lowest BCUT2D eigenvalue weighted by Crippen LogP contribution is -2.32. The van der Waals surface area contributed by atoms with Crippen molar-refractivity contribution in [3.8, 4) is 0 Å². The van der Waals surface area contributed by atoms with Crippen LogP contribution in [0.25, 0.3) is 0 Å². The summed E-state index contributed by atoms with van der Waals surface area (Å²) in [7, 11) is 0. The molecule has 4 nitrogen and oxygen atoms in total. The first kappa shape index (κ1) is 18.3. The van der Waals surface area contributed by atoms with Crippen LogP contribution >= 0.6 is 23.2 Å². The molecule has 2 aromatic carbocycles. The Kier molecular flexibility index (Phi) is 4.68. The maximum atomic E-state index is 12.8. The predicted octanol–water partition coefficient (Wildman–Crippen LogP) is 4.79. The molecule has 1 aliphatic rings. The van der Waals surface area contributed by atoms with Crippen LogP contribution < -0.4 is 10.2 Å². The van der Waals surface area contributed by atoms with Crippen LogP contribution in [0, 0.1) is 0 Å². The van der Waals surface area contributed by atoms with E-state index >= 15 is 0 Å². The number of anilines is 2. The Hall–Kier alpha value is -2.51. The van der Waals surface area contributed by atoms with Crippen LogP contribution in [0.3, 0.4) is 0 Å². The van der Waals surface area contributed by atoms with Crippen LogP contribution in [-0.2, 0) is 15.8 Å². The minimum atomic E-state index is -4.54. The van der Waals surface area contributed by atoms with E-state index in [1.54, 1.807) is 0 Å². The second-order valence-electron chi connectivity index (χ2n) is 5.31. The summed E-state index contributed by atoms with van der Waals surface area (Å²) in [6, 6.07) is 10.1. The number of hydrogen-bond acceptors (Lipinski definition) is 3. The Morgan fingerprint density at radius 1 is 0.923 bits per heavy atom. The second kappa shape index (κ2) is 6.66. The van der Waals surface area contributed by atoms with Gasteiger partial charge in [0.15, 0.2) is 0 Å². The zero-order valence-corrected chi connectivity index (χ0v) is 14.3. The van der Waals surface area contributed by atoms with Gasteiger partial charge < -0.3 is 5.32 Å². The quantitative estimate of drug-likeness (QED) is 0.753. The lowest BCUT2D eigenvalue weighted by molar-refractivity contribution is -0.137. The van der Waals surface area contributed by atoms with Crippen LogP contribution in [-0.4, -0.2) is 11.8 Å². The molecule has 1 aliphatic heterocycles. The molecule has 134 valence electrons. The third-order valence-electron chi connectivity index (χ3n) is 3.57. The molecule has 0 bridgehead atoms. The van der Waals surface area contributed by atoms with E-state index in [4.69, 9.17) is 23.2 Å². The fourth-order valence-electron chi connectivity index (χ4n) is 2.35. The SMILES string of the molecule is O=C1C(Cl)=C(Nc2cccc(C(F)(F)F)c2)C(=O)N1c1ccc(Cl)cc1. The van der Waals surface area contributed by atoms with Crippen molar-refractivity contribution < 1.29 is 22.8 Å². The highest BCUT2D eigenvalue weighted by Crippen LogP contribution is 2.33. The summed E-state index contributed by atoms with van der Waals surface area (Å²) in [6.07, 6.45) is -4.54. The third kappa shape index (κ3) is 3.40. The van der Waals surface area contributed by atoms with E-state index in [1.165, 1.54) is 36.4 Å². The van der Waals surface area contributed by atoms with E-state index in [-0.39, 0.29) is 17.1 Å². The molecule has 1 heterocycles. The minimum absolute atomic E-state index is 0.0212. The van der Waals surface area contributed by atoms with Crippen molar-refractivity contribution in [1.29, 1.82) is 0 Å². The van der Waals surface area contributed by atoms with E-state index in [1.807, 2.05) is 0 Å². The molecule has 3 rings (SSSR count). The maximum absolute atomic E-state index is 12.8. The van der Waals surface area contributed by atoms with Crippen molar-refractivity contribution >= 4 is 46.4 Å². The summed E-state index contributed by atoms with van der Waals surface area (Å²) in [5.41, 5.74) is -0.980. The van der Waals surface area contributed by atoms with Crippen molar-refractivity contribution in [2.24, 2.45) is 0 Å². The van der Waals surface area contributed by atoms with Gasteiger partial charge in [0.05, 0.1) is 11.3 Å². The molecule has 2 amide bonds. The lowest BCUT2D eigenvalue weighted by atomic mass is 10.2. The summed E-state index contributed by atoms with van der Waals surface area (Å²) in [5, 5.41) is 2.50. The first-order chi connectivity index (χ1) is 12.2. The summed E-state index contributed by atoms with van der Waals surface area (Å²) in [6.45, 7) is 0. The van der Waals surface area contributed by atoms with Crippen molar-refractivity contribution in [3.63, 3.8) is 0 Å². The number of nitrogens with zero attached hydrogens (tertiary/aromatic N) is 1. The minimum Gasteiger partial charge on any atom is -0.350 e. The Morgan fingerprint density at radius 3 is 2.19 bits per heavy atom. The molecule has 0 saturated carbocycles. The molecule has 0 fully saturated rings. The standard InChI is InChI=1S/C17H9Cl2F3N2O2/c18-10-4-6-12(7-5-10)24-15(25)13(19)14(16(24)26)23-11-3-1-2-9(8-11)17(20,21)22/h1-8,23H. The maximum Gasteiger partial charge on any atom is 0.416 e. The molecule has 0 saturated heterocycles. The highest BCUT2D eigenvalue weighted by Gasteiger charge is 2.39. The number of hydrogen-bond donors (Lipinski definition) is 1. The van der Waals surface area contributed by atoms with E-state index in [9.17, 15) is 22.8 Å². The summed E-state index contributed by atoms with van der Waals surface area (Å²) in [5.74, 6) is -1.56. The number of benzene rings is 2. The molecule has 2 aromatic rings. The molecule has 9 heteroatoms. The Balaban J connectivity index is 1.90. The average Bonchev–Trinajstić information content (AvgIpc) is 2.79. The van der Waals surface area contributed by atoms with Gasteiger partial charge >= 0.3 is 6.18 Å². The largest absolute Gasteiger partial charge is 0.416 e. The van der Waals surface area contributed by atoms with Crippen LogP contribution in [0.5, 0.6) is 0 Å². The molecule has 0 unspecified atom stereocenters. The second-order valence-corrected chi connectivity index (χ2v) is 6.13. The summed E-state index contributed by atoms with van der Waals surface area (Å²) >= 11 is 11.7. The van der Waals surface area contributed by atoms with Crippen molar-refractivity contribution in [2.75, 3.05) is 10.2 Å². The number of halogens is 5. The van der Waals surface area contributed by atoms with Gasteiger partial charge in [-0.1, -0.05) is 29.3 Å². The van der Waals surface area contributed by atoms with Gasteiger partial charge in [-0.3, -0.25) is 9.59 Å². The van der Waals surface area contributed by atoms with Crippen molar-refractivity contribution in [2.45, 2.75) is 6.18 Å². The zero-order chi connectivity index (χ0) is 19.1. The van der Waals surface area contributed by atoms with Gasteiger partial charge in [0.2, 0.25) is 0 Å². The van der Waals surface area contributed by atoms with Crippen LogP contribution in [0.1, 0.15) is 5.56 Å². The number of amides is 2. The predicted molar refractivity (Wildman–Crippen MR) is 91.9 cm³/mol. The van der Waals surface area contributed by atoms with Crippen molar-refractivity contribution in [3.05, 3.63) is 69.8 Å². The van der Waals surface area contributed by atoms with Gasteiger partial charge in [-0.15, -0.1) is 0 Å². The lowest BCUT2D eigenvalue weighted by Gasteiger charge is -2.15. The van der Waals surface area contributed by atoms with E-state index in [0.29, 0.717) is 5.02 Å². The van der Waals surface area contributed by atoms with Crippen LogP contribution in [0.4, 0.5) is 24.5 Å². The number of nitrogens with one attached hydrogen (secondary N) is 1. The Morgan fingerprint density at radius 2 is 1.58 bits per heavy atom. The van der Waals surface area contributed by atoms with Gasteiger partial charge in [0.25, 0.3) is 11.8 Å². The number of carbonyl (C=O) groups excluding carboxylic acids is 2. The number of carbonyl (C=O) groups is 2. The van der Waals surface area contributed by atoms with Gasteiger partial charge in [-0.05, 0) is 42.5 Å². The van der Waals surface area contributed by atoms with Gasteiger partial charge in [0, 0.05) is 10.7 Å². The zero-order valence-electron chi connectivity index (χ0n) is 12.8. The topological polar surface area (TPSA) is 49.4 Å². The van der Waals surface area contributed by atoms with Gasteiger partial charge in [-0.2, -0.15) is 13.2 Å². The summed E-state index contributed by atoms with van der Waals surface area (Å²) in [4.78, 5) is 25.6. The molecule has 0 aliphatic carbocycles. The Labute approximate surface area is 155 Å². The van der Waals surface area contributed by atoms with Crippen LogP contribution in [0.2, 0.25) is 5.02 Å². The van der Waals surface area contributed by atoms with Crippen LogP contribution in [0.15, 0.2) is 59.3 Å². The molecule has 26 heavy (non-hydrogen) atoms. The molecule has 0 spiro atoms. The fourth-order valence-corrected chi connectivity index (χ4v) is 2.69. The number of rotatable bonds is 3. The van der Waals surface area contributed by atoms with Crippen molar-refractivity contribution in [1.82, 2.24) is 0 Å². The molecular formula is C17H9Cl2F3N2O2. The van der Waals surface area contributed by atoms with E-state index < -0.39 is 28.6 Å². The first-order valence-electron chi connectivity index (χ1n) is 7.17. The highest BCUT2D eigenvalue weighted by molar-refractivity contribution is 6.53. The Bertz CT molecular complexity index is 924. The first-order valence-corrected chi connectivity index (χ1v) is 7.92. The fraction of sp³-hybridized carbons (Fsp3) is 0.0588. The molecular weight excluding hydrogens is 392 g/mol.